The summed E-state index contributed by atoms with van der Waals surface area (Å²) in [5.74, 6) is 0.482. The van der Waals surface area contributed by atoms with Crippen LogP contribution in [0.2, 0.25) is 0 Å². The number of nitrogens with zero attached hydrogens (tertiary/aromatic N) is 4. The second-order valence-electron chi connectivity index (χ2n) is 7.17. The van der Waals surface area contributed by atoms with Crippen molar-refractivity contribution in [3.05, 3.63) is 53.9 Å². The molecule has 1 aromatic heterocycles. The Labute approximate surface area is 177 Å². The molecule has 2 heterocycles. The number of benzene rings is 2. The molecule has 9 heteroatoms. The molecule has 0 bridgehead atoms. The first kappa shape index (κ1) is 20.8. The SMILES string of the molecule is COc1ccc2c(c1)CCCN2C(=O)CO/N=C(/C)c1nc2ccccc2n1C(F)F. The minimum atomic E-state index is -2.78. The van der Waals surface area contributed by atoms with Gasteiger partial charge in [-0.1, -0.05) is 17.3 Å². The van der Waals surface area contributed by atoms with Crippen molar-refractivity contribution < 1.29 is 23.1 Å². The summed E-state index contributed by atoms with van der Waals surface area (Å²) in [5, 5.41) is 3.88. The van der Waals surface area contributed by atoms with E-state index in [0.29, 0.717) is 17.6 Å². The van der Waals surface area contributed by atoms with E-state index in [1.165, 1.54) is 6.92 Å². The average Bonchev–Trinajstić information content (AvgIpc) is 3.18. The molecule has 1 aliphatic rings. The summed E-state index contributed by atoms with van der Waals surface area (Å²) < 4.78 is 33.2. The highest BCUT2D eigenvalue weighted by Gasteiger charge is 2.24. The number of halogens is 2. The Hall–Kier alpha value is -3.49. The highest BCUT2D eigenvalue weighted by atomic mass is 19.3. The number of hydrogen-bond acceptors (Lipinski definition) is 5. The molecule has 1 amide bonds. The Bertz CT molecular complexity index is 1140. The molecule has 0 aliphatic carbocycles. The molecular formula is C22H22F2N4O3. The number of methoxy groups -OCH3 is 1. The molecule has 1 aliphatic heterocycles. The number of hydrogen-bond donors (Lipinski definition) is 0. The first-order chi connectivity index (χ1) is 15.0. The number of carbonyl (C=O) groups excluding carboxylic acids is 1. The third kappa shape index (κ3) is 4.08. The van der Waals surface area contributed by atoms with E-state index < -0.39 is 6.55 Å². The van der Waals surface area contributed by atoms with Crippen LogP contribution in [0, 0.1) is 0 Å². The molecular weight excluding hydrogens is 406 g/mol. The van der Waals surface area contributed by atoms with E-state index in [0.717, 1.165) is 34.4 Å². The quantitative estimate of drug-likeness (QED) is 0.437. The minimum absolute atomic E-state index is 0.000868. The van der Waals surface area contributed by atoms with Gasteiger partial charge in [-0.2, -0.15) is 8.78 Å². The number of aryl methyl sites for hydroxylation is 1. The van der Waals surface area contributed by atoms with Gasteiger partial charge in [-0.15, -0.1) is 0 Å². The third-order valence-electron chi connectivity index (χ3n) is 5.21. The first-order valence-corrected chi connectivity index (χ1v) is 9.89. The molecule has 7 nitrogen and oxygen atoms in total. The summed E-state index contributed by atoms with van der Waals surface area (Å²) in [5.41, 5.74) is 2.75. The van der Waals surface area contributed by atoms with Gasteiger partial charge in [0.15, 0.2) is 12.4 Å². The van der Waals surface area contributed by atoms with E-state index in [4.69, 9.17) is 9.57 Å². The molecule has 0 saturated carbocycles. The first-order valence-electron chi connectivity index (χ1n) is 9.89. The highest BCUT2D eigenvalue weighted by molar-refractivity contribution is 5.99. The summed E-state index contributed by atoms with van der Waals surface area (Å²) in [7, 11) is 1.60. The molecule has 0 unspecified atom stereocenters. The van der Waals surface area contributed by atoms with Crippen LogP contribution in [0.4, 0.5) is 14.5 Å². The topological polar surface area (TPSA) is 68.9 Å². The van der Waals surface area contributed by atoms with Crippen LogP contribution in [0.25, 0.3) is 11.0 Å². The van der Waals surface area contributed by atoms with Crippen LogP contribution in [0.1, 0.15) is 31.3 Å². The van der Waals surface area contributed by atoms with E-state index in [9.17, 15) is 13.6 Å². The Morgan fingerprint density at radius 1 is 1.26 bits per heavy atom. The van der Waals surface area contributed by atoms with Gasteiger partial charge in [-0.3, -0.25) is 9.36 Å². The van der Waals surface area contributed by atoms with Crippen LogP contribution in [-0.4, -0.2) is 41.4 Å². The third-order valence-corrected chi connectivity index (χ3v) is 5.21. The van der Waals surface area contributed by atoms with E-state index in [2.05, 4.69) is 10.1 Å². The normalized spacial score (nSPS) is 14.1. The standard InChI is InChI=1S/C22H22F2N4O3/c1-14(21-25-17-7-3-4-8-19(17)28(21)22(23)24)26-31-13-20(29)27-11-5-6-15-12-16(30-2)9-10-18(15)27/h3-4,7-10,12,22H,5-6,11,13H2,1-2H3/b26-14-. The van der Waals surface area contributed by atoms with Gasteiger partial charge in [0, 0.05) is 12.2 Å². The van der Waals surface area contributed by atoms with E-state index >= 15 is 0 Å². The number of anilines is 1. The van der Waals surface area contributed by atoms with Gasteiger partial charge in [0.2, 0.25) is 0 Å². The van der Waals surface area contributed by atoms with Crippen LogP contribution in [0.3, 0.4) is 0 Å². The number of carbonyl (C=O) groups is 1. The monoisotopic (exact) mass is 428 g/mol. The van der Waals surface area contributed by atoms with Crippen molar-refractivity contribution in [3.8, 4) is 5.75 Å². The summed E-state index contributed by atoms with van der Waals surface area (Å²) >= 11 is 0. The van der Waals surface area contributed by atoms with Crippen LogP contribution < -0.4 is 9.64 Å². The Morgan fingerprint density at radius 3 is 2.84 bits per heavy atom. The number of alkyl halides is 2. The van der Waals surface area contributed by atoms with Gasteiger partial charge < -0.3 is 14.5 Å². The summed E-state index contributed by atoms with van der Waals surface area (Å²) in [4.78, 5) is 23.8. The largest absolute Gasteiger partial charge is 0.497 e. The minimum Gasteiger partial charge on any atom is -0.497 e. The second-order valence-corrected chi connectivity index (χ2v) is 7.17. The molecule has 0 radical (unpaired) electrons. The number of fused-ring (bicyclic) bond motifs is 2. The fraction of sp³-hybridized carbons (Fsp3) is 0.318. The lowest BCUT2D eigenvalue weighted by Gasteiger charge is -2.29. The Balaban J connectivity index is 1.49. The maximum Gasteiger partial charge on any atom is 0.320 e. The number of ether oxygens (including phenoxy) is 1. The fourth-order valence-electron chi connectivity index (χ4n) is 3.76. The van der Waals surface area contributed by atoms with Crippen molar-refractivity contribution in [1.82, 2.24) is 9.55 Å². The van der Waals surface area contributed by atoms with Gasteiger partial charge in [-0.25, -0.2) is 4.98 Å². The second kappa shape index (κ2) is 8.71. The lowest BCUT2D eigenvalue weighted by atomic mass is 10.0. The molecule has 31 heavy (non-hydrogen) atoms. The van der Waals surface area contributed by atoms with Gasteiger partial charge in [0.25, 0.3) is 5.91 Å². The molecule has 4 rings (SSSR count). The van der Waals surface area contributed by atoms with Gasteiger partial charge >= 0.3 is 6.55 Å². The zero-order valence-corrected chi connectivity index (χ0v) is 17.2. The van der Waals surface area contributed by atoms with Gasteiger partial charge in [0.05, 0.1) is 18.1 Å². The van der Waals surface area contributed by atoms with Crippen molar-refractivity contribution in [2.24, 2.45) is 5.16 Å². The van der Waals surface area contributed by atoms with Gasteiger partial charge in [-0.05, 0) is 55.7 Å². The smallest absolute Gasteiger partial charge is 0.320 e. The number of para-hydroxylation sites is 2. The average molecular weight is 428 g/mol. The van der Waals surface area contributed by atoms with E-state index in [1.807, 2.05) is 18.2 Å². The molecule has 162 valence electrons. The van der Waals surface area contributed by atoms with Crippen LogP contribution in [0.15, 0.2) is 47.6 Å². The van der Waals surface area contributed by atoms with Gasteiger partial charge in [0.1, 0.15) is 11.5 Å². The number of rotatable bonds is 6. The molecule has 0 saturated heterocycles. The van der Waals surface area contributed by atoms with Crippen molar-refractivity contribution in [2.45, 2.75) is 26.3 Å². The summed E-state index contributed by atoms with van der Waals surface area (Å²) in [6, 6.07) is 12.2. The predicted octanol–water partition coefficient (Wildman–Crippen LogP) is 4.16. The highest BCUT2D eigenvalue weighted by Crippen LogP contribution is 2.30. The molecule has 0 N–H and O–H groups in total. The summed E-state index contributed by atoms with van der Waals surface area (Å²) in [6.07, 6.45) is 1.69. The van der Waals surface area contributed by atoms with Crippen molar-refractivity contribution in [2.75, 3.05) is 25.2 Å². The lowest BCUT2D eigenvalue weighted by Crippen LogP contribution is -2.37. The summed E-state index contributed by atoms with van der Waals surface area (Å²) in [6.45, 7) is -0.994. The lowest BCUT2D eigenvalue weighted by molar-refractivity contribution is -0.123. The maximum absolute atomic E-state index is 13.6. The maximum atomic E-state index is 13.6. The fourth-order valence-corrected chi connectivity index (χ4v) is 3.76. The molecule has 0 atom stereocenters. The molecule has 3 aromatic rings. The van der Waals surface area contributed by atoms with Crippen molar-refractivity contribution in [1.29, 1.82) is 0 Å². The number of aromatic nitrogens is 2. The van der Waals surface area contributed by atoms with Crippen molar-refractivity contribution >= 4 is 28.3 Å². The zero-order chi connectivity index (χ0) is 22.0. The van der Waals surface area contributed by atoms with Crippen LogP contribution in [-0.2, 0) is 16.1 Å². The van der Waals surface area contributed by atoms with Crippen LogP contribution in [0.5, 0.6) is 5.75 Å². The Kier molecular flexibility index (Phi) is 5.83. The molecule has 2 aromatic carbocycles. The number of amides is 1. The number of oxime groups is 1. The number of imidazole rings is 1. The van der Waals surface area contributed by atoms with E-state index in [1.54, 1.807) is 36.3 Å². The zero-order valence-electron chi connectivity index (χ0n) is 17.2. The molecule has 0 spiro atoms. The van der Waals surface area contributed by atoms with E-state index in [-0.39, 0.29) is 24.1 Å². The van der Waals surface area contributed by atoms with Crippen molar-refractivity contribution in [3.63, 3.8) is 0 Å². The molecule has 0 fully saturated rings. The van der Waals surface area contributed by atoms with Crippen LogP contribution >= 0.6 is 0 Å². The Morgan fingerprint density at radius 2 is 2.06 bits per heavy atom. The predicted molar refractivity (Wildman–Crippen MR) is 113 cm³/mol.